The fourth-order valence-corrected chi connectivity index (χ4v) is 3.06. The van der Waals surface area contributed by atoms with Crippen LogP contribution in [0.5, 0.6) is 0 Å². The van der Waals surface area contributed by atoms with E-state index in [1.54, 1.807) is 18.2 Å². The molecule has 106 valence electrons. The normalized spacial score (nSPS) is 22.1. The molecule has 1 aliphatic carbocycles. The van der Waals surface area contributed by atoms with E-state index in [2.05, 4.69) is 27.3 Å². The maximum absolute atomic E-state index is 12.2. The maximum Gasteiger partial charge on any atom is 0.227 e. The van der Waals surface area contributed by atoms with Gasteiger partial charge in [0.1, 0.15) is 0 Å². The summed E-state index contributed by atoms with van der Waals surface area (Å²) >= 11 is 3.38. The highest BCUT2D eigenvalue weighted by atomic mass is 79.9. The van der Waals surface area contributed by atoms with Crippen molar-refractivity contribution in [2.45, 2.75) is 25.7 Å². The molecule has 0 aliphatic heterocycles. The van der Waals surface area contributed by atoms with Gasteiger partial charge in [-0.25, -0.2) is 0 Å². The Kier molecular flexibility index (Phi) is 5.16. The molecule has 0 spiro atoms. The number of hydrogen-bond acceptors (Lipinski definition) is 3. The van der Waals surface area contributed by atoms with Gasteiger partial charge in [0.25, 0.3) is 0 Å². The van der Waals surface area contributed by atoms with Gasteiger partial charge in [0.15, 0.2) is 0 Å². The number of nitrogens with two attached hydrogens (primary N) is 1. The Bertz CT molecular complexity index is 530. The lowest BCUT2D eigenvalue weighted by atomic mass is 9.81. The summed E-state index contributed by atoms with van der Waals surface area (Å²) in [5, 5.41) is 11.8. The van der Waals surface area contributed by atoms with Crippen molar-refractivity contribution >= 4 is 27.5 Å². The zero-order valence-corrected chi connectivity index (χ0v) is 12.8. The number of nitrogens with one attached hydrogen (secondary N) is 1. The molecule has 0 radical (unpaired) electrons. The molecule has 0 aromatic heterocycles. The van der Waals surface area contributed by atoms with E-state index >= 15 is 0 Å². The molecule has 1 aliphatic rings. The summed E-state index contributed by atoms with van der Waals surface area (Å²) in [6.45, 7) is 0.718. The van der Waals surface area contributed by atoms with E-state index in [-0.39, 0.29) is 11.8 Å². The van der Waals surface area contributed by atoms with E-state index in [4.69, 9.17) is 11.0 Å². The summed E-state index contributed by atoms with van der Waals surface area (Å²) in [6, 6.07) is 7.23. The lowest BCUT2D eigenvalue weighted by molar-refractivity contribution is -0.121. The van der Waals surface area contributed by atoms with Crippen molar-refractivity contribution in [3.05, 3.63) is 28.2 Å². The van der Waals surface area contributed by atoms with E-state index in [9.17, 15) is 4.79 Å². The first-order valence-electron chi connectivity index (χ1n) is 6.84. The summed E-state index contributed by atoms with van der Waals surface area (Å²) in [7, 11) is 0. The van der Waals surface area contributed by atoms with E-state index in [1.165, 1.54) is 0 Å². The fourth-order valence-electron chi connectivity index (χ4n) is 2.58. The molecule has 1 aromatic carbocycles. The van der Waals surface area contributed by atoms with Crippen molar-refractivity contribution < 1.29 is 4.79 Å². The second kappa shape index (κ2) is 6.87. The molecule has 1 aromatic rings. The van der Waals surface area contributed by atoms with Crippen LogP contribution in [0, 0.1) is 23.2 Å². The standard InChI is InChI=1S/C15H18BrN3O/c16-13-7-11(9-18)3-6-14(13)19-15(20)12-4-1-10(8-17)2-5-12/h3,6-7,10,12H,1-2,4-5,8,17H2,(H,19,20). The van der Waals surface area contributed by atoms with Crippen molar-refractivity contribution in [2.24, 2.45) is 17.6 Å². The topological polar surface area (TPSA) is 78.9 Å². The number of carbonyl (C=O) groups excluding carboxylic acids is 1. The summed E-state index contributed by atoms with van der Waals surface area (Å²) in [6.07, 6.45) is 3.87. The minimum absolute atomic E-state index is 0.0610. The maximum atomic E-state index is 12.2. The van der Waals surface area contributed by atoms with Gasteiger partial charge in [0, 0.05) is 10.4 Å². The van der Waals surface area contributed by atoms with Gasteiger partial charge >= 0.3 is 0 Å². The van der Waals surface area contributed by atoms with E-state index < -0.39 is 0 Å². The molecule has 4 nitrogen and oxygen atoms in total. The van der Waals surface area contributed by atoms with Gasteiger partial charge in [0.2, 0.25) is 5.91 Å². The average molecular weight is 336 g/mol. The second-order valence-electron chi connectivity index (χ2n) is 5.25. The first kappa shape index (κ1) is 15.0. The molecular formula is C15H18BrN3O. The van der Waals surface area contributed by atoms with Crippen LogP contribution in [-0.2, 0) is 4.79 Å². The van der Waals surface area contributed by atoms with Crippen LogP contribution < -0.4 is 11.1 Å². The zero-order valence-electron chi connectivity index (χ0n) is 11.2. The van der Waals surface area contributed by atoms with Crippen LogP contribution in [-0.4, -0.2) is 12.5 Å². The van der Waals surface area contributed by atoms with Gasteiger partial charge in [0.05, 0.1) is 17.3 Å². The number of carbonyl (C=O) groups is 1. The molecule has 0 atom stereocenters. The Balaban J connectivity index is 1.97. The summed E-state index contributed by atoms with van der Waals surface area (Å²) < 4.78 is 0.737. The third-order valence-corrected chi connectivity index (χ3v) is 4.56. The number of nitriles is 1. The number of benzene rings is 1. The summed E-state index contributed by atoms with van der Waals surface area (Å²) in [4.78, 5) is 12.2. The molecule has 2 rings (SSSR count). The number of rotatable bonds is 3. The number of amides is 1. The Morgan fingerprint density at radius 3 is 2.65 bits per heavy atom. The highest BCUT2D eigenvalue weighted by Gasteiger charge is 2.25. The van der Waals surface area contributed by atoms with Gasteiger partial charge < -0.3 is 11.1 Å². The minimum Gasteiger partial charge on any atom is -0.330 e. The molecule has 0 heterocycles. The highest BCUT2D eigenvalue weighted by Crippen LogP contribution is 2.30. The van der Waals surface area contributed by atoms with E-state index in [1.807, 2.05) is 0 Å². The van der Waals surface area contributed by atoms with Crippen LogP contribution in [0.4, 0.5) is 5.69 Å². The SMILES string of the molecule is N#Cc1ccc(NC(=O)C2CCC(CN)CC2)c(Br)c1. The van der Waals surface area contributed by atoms with Crippen LogP contribution in [0.2, 0.25) is 0 Å². The second-order valence-corrected chi connectivity index (χ2v) is 6.10. The summed E-state index contributed by atoms with van der Waals surface area (Å²) in [5.74, 6) is 0.701. The first-order valence-corrected chi connectivity index (χ1v) is 7.64. The van der Waals surface area contributed by atoms with Crippen molar-refractivity contribution in [2.75, 3.05) is 11.9 Å². The number of nitrogens with zero attached hydrogens (tertiary/aromatic N) is 1. The van der Waals surface area contributed by atoms with E-state index in [0.29, 0.717) is 11.5 Å². The Morgan fingerprint density at radius 1 is 1.40 bits per heavy atom. The van der Waals surface area contributed by atoms with Crippen molar-refractivity contribution in [3.8, 4) is 6.07 Å². The Labute approximate surface area is 127 Å². The number of hydrogen-bond donors (Lipinski definition) is 2. The van der Waals surface area contributed by atoms with Crippen LogP contribution in [0.25, 0.3) is 0 Å². The molecule has 1 saturated carbocycles. The molecular weight excluding hydrogens is 318 g/mol. The molecule has 0 saturated heterocycles. The lowest BCUT2D eigenvalue weighted by Gasteiger charge is -2.26. The highest BCUT2D eigenvalue weighted by molar-refractivity contribution is 9.10. The predicted molar refractivity (Wildman–Crippen MR) is 82.0 cm³/mol. The fraction of sp³-hybridized carbons (Fsp3) is 0.467. The number of halogens is 1. The smallest absolute Gasteiger partial charge is 0.227 e. The van der Waals surface area contributed by atoms with Gasteiger partial charge in [-0.2, -0.15) is 5.26 Å². The average Bonchev–Trinajstić information content (AvgIpc) is 2.49. The summed E-state index contributed by atoms with van der Waals surface area (Å²) in [5.41, 5.74) is 6.95. The Hall–Kier alpha value is -1.38. The molecule has 1 fully saturated rings. The third-order valence-electron chi connectivity index (χ3n) is 3.91. The van der Waals surface area contributed by atoms with Crippen LogP contribution >= 0.6 is 15.9 Å². The Morgan fingerprint density at radius 2 is 2.10 bits per heavy atom. The minimum atomic E-state index is 0.0610. The van der Waals surface area contributed by atoms with Gasteiger partial charge in [-0.3, -0.25) is 4.79 Å². The quantitative estimate of drug-likeness (QED) is 0.890. The van der Waals surface area contributed by atoms with Crippen molar-refractivity contribution in [3.63, 3.8) is 0 Å². The molecule has 0 unspecified atom stereocenters. The third kappa shape index (κ3) is 3.59. The monoisotopic (exact) mass is 335 g/mol. The molecule has 5 heteroatoms. The van der Waals surface area contributed by atoms with Gasteiger partial charge in [-0.1, -0.05) is 0 Å². The van der Waals surface area contributed by atoms with Gasteiger partial charge in [-0.15, -0.1) is 0 Å². The molecule has 1 amide bonds. The largest absolute Gasteiger partial charge is 0.330 e. The van der Waals surface area contributed by atoms with Crippen LogP contribution in [0.3, 0.4) is 0 Å². The number of anilines is 1. The molecule has 20 heavy (non-hydrogen) atoms. The van der Waals surface area contributed by atoms with Crippen molar-refractivity contribution in [1.82, 2.24) is 0 Å². The molecule has 0 bridgehead atoms. The first-order chi connectivity index (χ1) is 9.63. The van der Waals surface area contributed by atoms with E-state index in [0.717, 1.165) is 42.4 Å². The molecule has 3 N–H and O–H groups in total. The lowest BCUT2D eigenvalue weighted by Crippen LogP contribution is -2.29. The van der Waals surface area contributed by atoms with Crippen LogP contribution in [0.1, 0.15) is 31.2 Å². The van der Waals surface area contributed by atoms with Crippen LogP contribution in [0.15, 0.2) is 22.7 Å². The predicted octanol–water partition coefficient (Wildman–Crippen LogP) is 3.02. The zero-order chi connectivity index (χ0) is 14.5. The van der Waals surface area contributed by atoms with Crippen molar-refractivity contribution in [1.29, 1.82) is 5.26 Å². The van der Waals surface area contributed by atoms with Gasteiger partial charge in [-0.05, 0) is 72.3 Å².